The zero-order valence-electron chi connectivity index (χ0n) is 11.1. The van der Waals surface area contributed by atoms with Gasteiger partial charge in [-0.2, -0.15) is 0 Å². The molecule has 108 valence electrons. The molecule has 21 heavy (non-hydrogen) atoms. The van der Waals surface area contributed by atoms with Crippen LogP contribution in [-0.2, 0) is 0 Å². The normalized spacial score (nSPS) is 11.0. The standard InChI is InChI=1S/C15H11Br2NO2S/c1-2-20-8-3-4-12-9(5-8)10(7-18-12)14(19)13-6-11(16)15(17)21-13/h3-7,18H,2H2,1H3. The van der Waals surface area contributed by atoms with Gasteiger partial charge in [0.05, 0.1) is 15.3 Å². The number of carbonyl (C=O) groups excluding carboxylic acids is 1. The molecule has 0 fully saturated rings. The average Bonchev–Trinajstić information content (AvgIpc) is 3.02. The molecule has 0 aliphatic carbocycles. The smallest absolute Gasteiger partial charge is 0.205 e. The number of fused-ring (bicyclic) bond motifs is 1. The minimum Gasteiger partial charge on any atom is -0.494 e. The van der Waals surface area contributed by atoms with E-state index in [1.807, 2.05) is 31.2 Å². The highest BCUT2D eigenvalue weighted by molar-refractivity contribution is 9.13. The van der Waals surface area contributed by atoms with Crippen LogP contribution < -0.4 is 4.74 Å². The van der Waals surface area contributed by atoms with Crippen LogP contribution in [0.5, 0.6) is 5.75 Å². The summed E-state index contributed by atoms with van der Waals surface area (Å²) in [7, 11) is 0. The quantitative estimate of drug-likeness (QED) is 0.566. The maximum absolute atomic E-state index is 12.7. The number of ketones is 1. The lowest BCUT2D eigenvalue weighted by Crippen LogP contribution is -1.97. The molecule has 0 aliphatic heterocycles. The maximum atomic E-state index is 12.7. The van der Waals surface area contributed by atoms with Gasteiger partial charge in [0, 0.05) is 27.1 Å². The molecule has 0 bridgehead atoms. The molecule has 0 atom stereocenters. The minimum atomic E-state index is 0.00583. The van der Waals surface area contributed by atoms with E-state index in [0.717, 1.165) is 24.9 Å². The van der Waals surface area contributed by atoms with Gasteiger partial charge in [-0.1, -0.05) is 0 Å². The highest BCUT2D eigenvalue weighted by Gasteiger charge is 2.18. The molecule has 2 aromatic heterocycles. The molecule has 0 radical (unpaired) electrons. The lowest BCUT2D eigenvalue weighted by molar-refractivity contribution is 0.104. The van der Waals surface area contributed by atoms with Crippen LogP contribution in [0, 0.1) is 0 Å². The number of aromatic nitrogens is 1. The molecule has 0 unspecified atom stereocenters. The molecule has 3 nitrogen and oxygen atoms in total. The van der Waals surface area contributed by atoms with Crippen LogP contribution in [0.3, 0.4) is 0 Å². The molecule has 1 N–H and O–H groups in total. The van der Waals surface area contributed by atoms with Crippen LogP contribution in [0.2, 0.25) is 0 Å². The van der Waals surface area contributed by atoms with Crippen molar-refractivity contribution in [3.05, 3.63) is 49.2 Å². The van der Waals surface area contributed by atoms with E-state index in [0.29, 0.717) is 17.0 Å². The van der Waals surface area contributed by atoms with Crippen LogP contribution in [0.4, 0.5) is 0 Å². The van der Waals surface area contributed by atoms with E-state index >= 15 is 0 Å². The number of benzene rings is 1. The van der Waals surface area contributed by atoms with Gasteiger partial charge in [0.2, 0.25) is 5.78 Å². The lowest BCUT2D eigenvalue weighted by Gasteiger charge is -2.03. The zero-order chi connectivity index (χ0) is 15.0. The summed E-state index contributed by atoms with van der Waals surface area (Å²) < 4.78 is 7.32. The molecule has 0 aliphatic rings. The Morgan fingerprint density at radius 2 is 2.14 bits per heavy atom. The van der Waals surface area contributed by atoms with E-state index in [9.17, 15) is 4.79 Å². The number of halogens is 2. The second kappa shape index (κ2) is 5.94. The van der Waals surface area contributed by atoms with Crippen LogP contribution in [-0.4, -0.2) is 17.4 Å². The van der Waals surface area contributed by atoms with E-state index in [1.165, 1.54) is 11.3 Å². The minimum absolute atomic E-state index is 0.00583. The average molecular weight is 429 g/mol. The second-order valence-corrected chi connectivity index (χ2v) is 7.63. The largest absolute Gasteiger partial charge is 0.494 e. The number of carbonyl (C=O) groups is 1. The predicted octanol–water partition coefficient (Wildman–Crippen LogP) is 5.38. The molecule has 1 aromatic carbocycles. The fourth-order valence-corrected chi connectivity index (χ4v) is 4.13. The first-order chi connectivity index (χ1) is 10.1. The van der Waals surface area contributed by atoms with Crippen molar-refractivity contribution in [3.63, 3.8) is 0 Å². The van der Waals surface area contributed by atoms with Crippen molar-refractivity contribution >= 4 is 59.9 Å². The molecule has 3 aromatic rings. The molecular formula is C15H11Br2NO2S. The number of aromatic amines is 1. The molecule has 0 saturated heterocycles. The second-order valence-electron chi connectivity index (χ2n) is 4.40. The third-order valence-corrected chi connectivity index (χ3v) is 6.33. The molecule has 0 saturated carbocycles. The number of thiophene rings is 1. The summed E-state index contributed by atoms with van der Waals surface area (Å²) in [5.41, 5.74) is 1.59. The summed E-state index contributed by atoms with van der Waals surface area (Å²) in [5, 5.41) is 0.881. The van der Waals surface area contributed by atoms with E-state index < -0.39 is 0 Å². The third kappa shape index (κ3) is 2.80. The van der Waals surface area contributed by atoms with Crippen LogP contribution in [0.1, 0.15) is 22.2 Å². The van der Waals surface area contributed by atoms with Crippen molar-refractivity contribution in [1.29, 1.82) is 0 Å². The Bertz CT molecular complexity index is 803. The van der Waals surface area contributed by atoms with Crippen molar-refractivity contribution in [2.75, 3.05) is 6.61 Å². The molecular weight excluding hydrogens is 418 g/mol. The summed E-state index contributed by atoms with van der Waals surface area (Å²) in [5.74, 6) is 0.776. The summed E-state index contributed by atoms with van der Waals surface area (Å²) in [4.78, 5) is 16.5. The van der Waals surface area contributed by atoms with E-state index in [2.05, 4.69) is 36.8 Å². The van der Waals surface area contributed by atoms with Crippen molar-refractivity contribution in [1.82, 2.24) is 4.98 Å². The highest BCUT2D eigenvalue weighted by Crippen LogP contribution is 2.34. The Hall–Kier alpha value is -1.11. The lowest BCUT2D eigenvalue weighted by atomic mass is 10.1. The Morgan fingerprint density at radius 3 is 2.81 bits per heavy atom. The first-order valence-corrected chi connectivity index (χ1v) is 8.74. The zero-order valence-corrected chi connectivity index (χ0v) is 15.1. The fourth-order valence-electron chi connectivity index (χ4n) is 2.14. The summed E-state index contributed by atoms with van der Waals surface area (Å²) in [6.45, 7) is 2.54. The Labute approximate surface area is 142 Å². The van der Waals surface area contributed by atoms with Gasteiger partial charge in [0.1, 0.15) is 5.75 Å². The van der Waals surface area contributed by atoms with Gasteiger partial charge >= 0.3 is 0 Å². The van der Waals surface area contributed by atoms with Gasteiger partial charge < -0.3 is 9.72 Å². The Balaban J connectivity index is 2.06. The van der Waals surface area contributed by atoms with Gasteiger partial charge in [-0.3, -0.25) is 4.79 Å². The van der Waals surface area contributed by atoms with Gasteiger partial charge in [0.15, 0.2) is 0 Å². The number of hydrogen-bond acceptors (Lipinski definition) is 3. The monoisotopic (exact) mass is 427 g/mol. The molecule has 6 heteroatoms. The highest BCUT2D eigenvalue weighted by atomic mass is 79.9. The fraction of sp³-hybridized carbons (Fsp3) is 0.133. The molecule has 0 spiro atoms. The predicted molar refractivity (Wildman–Crippen MR) is 92.6 cm³/mol. The van der Waals surface area contributed by atoms with E-state index in [1.54, 1.807) is 6.20 Å². The number of ether oxygens (including phenoxy) is 1. The number of nitrogens with one attached hydrogen (secondary N) is 1. The first kappa shape index (κ1) is 14.8. The number of rotatable bonds is 4. The van der Waals surface area contributed by atoms with Gasteiger partial charge in [-0.15, -0.1) is 11.3 Å². The van der Waals surface area contributed by atoms with Crippen LogP contribution >= 0.6 is 43.2 Å². The number of H-pyrrole nitrogens is 1. The summed E-state index contributed by atoms with van der Waals surface area (Å²) in [6.07, 6.45) is 1.75. The van der Waals surface area contributed by atoms with Crippen LogP contribution in [0.15, 0.2) is 38.7 Å². The Kier molecular flexibility index (Phi) is 4.19. The summed E-state index contributed by atoms with van der Waals surface area (Å²) in [6, 6.07) is 7.56. The van der Waals surface area contributed by atoms with Gasteiger partial charge in [0.25, 0.3) is 0 Å². The maximum Gasteiger partial charge on any atom is 0.205 e. The molecule has 3 rings (SSSR count). The first-order valence-electron chi connectivity index (χ1n) is 6.33. The van der Waals surface area contributed by atoms with Crippen molar-refractivity contribution < 1.29 is 9.53 Å². The molecule has 2 heterocycles. The number of hydrogen-bond donors (Lipinski definition) is 1. The molecule has 0 amide bonds. The Morgan fingerprint density at radius 1 is 1.33 bits per heavy atom. The van der Waals surface area contributed by atoms with Crippen LogP contribution in [0.25, 0.3) is 10.9 Å². The summed E-state index contributed by atoms with van der Waals surface area (Å²) >= 11 is 8.25. The van der Waals surface area contributed by atoms with Crippen molar-refractivity contribution in [2.24, 2.45) is 0 Å². The van der Waals surface area contributed by atoms with E-state index in [-0.39, 0.29) is 5.78 Å². The van der Waals surface area contributed by atoms with Gasteiger partial charge in [-0.05, 0) is 63.0 Å². The van der Waals surface area contributed by atoms with Crippen molar-refractivity contribution in [2.45, 2.75) is 6.92 Å². The van der Waals surface area contributed by atoms with Crippen molar-refractivity contribution in [3.8, 4) is 5.75 Å². The van der Waals surface area contributed by atoms with Gasteiger partial charge in [-0.25, -0.2) is 0 Å². The topological polar surface area (TPSA) is 42.1 Å². The SMILES string of the molecule is CCOc1ccc2[nH]cc(C(=O)c3cc(Br)c(Br)s3)c2c1. The van der Waals surface area contributed by atoms with E-state index in [4.69, 9.17) is 4.74 Å². The third-order valence-electron chi connectivity index (χ3n) is 3.08.